The number of urea groups is 1. The molecule has 13 nitrogen and oxygen atoms in total. The van der Waals surface area contributed by atoms with E-state index >= 15 is 0 Å². The molecule has 270 valence electrons. The minimum absolute atomic E-state index is 0.0440. The lowest BCUT2D eigenvalue weighted by molar-refractivity contribution is -0.145. The molecule has 2 saturated carbocycles. The Balaban J connectivity index is 1.55. The molecule has 0 aromatic heterocycles. The fourth-order valence-corrected chi connectivity index (χ4v) is 9.78. The van der Waals surface area contributed by atoms with Crippen molar-refractivity contribution in [2.24, 2.45) is 22.7 Å². The second-order valence-corrected chi connectivity index (χ2v) is 17.8. The minimum atomic E-state index is -3.58. The molecule has 4 N–H and O–H groups in total. The van der Waals surface area contributed by atoms with Gasteiger partial charge in [0, 0.05) is 13.1 Å². The van der Waals surface area contributed by atoms with Gasteiger partial charge in [0.2, 0.25) is 17.6 Å². The number of ether oxygens (including phenoxy) is 1. The zero-order valence-electron chi connectivity index (χ0n) is 29.4. The number of carbonyl (C=O) groups excluding carboxylic acids is 5. The topological polar surface area (TPSA) is 180 Å². The van der Waals surface area contributed by atoms with Crippen LogP contribution in [-0.4, -0.2) is 97.4 Å². The number of hydrogen-bond acceptors (Lipinski definition) is 8. The van der Waals surface area contributed by atoms with Crippen molar-refractivity contribution in [2.45, 2.75) is 122 Å². The predicted octanol–water partition coefficient (Wildman–Crippen LogP) is 2.20. The third-order valence-electron chi connectivity index (χ3n) is 10.8. The van der Waals surface area contributed by atoms with Crippen LogP contribution in [0, 0.1) is 22.7 Å². The van der Waals surface area contributed by atoms with Crippen molar-refractivity contribution in [3.05, 3.63) is 12.7 Å². The zero-order valence-corrected chi connectivity index (χ0v) is 30.2. The van der Waals surface area contributed by atoms with Crippen LogP contribution in [0.2, 0.25) is 0 Å². The number of ketones is 1. The van der Waals surface area contributed by atoms with E-state index in [2.05, 4.69) is 27.8 Å². The molecule has 48 heavy (non-hydrogen) atoms. The maximum atomic E-state index is 14.4. The van der Waals surface area contributed by atoms with Crippen LogP contribution in [0.25, 0.3) is 0 Å². The first kappa shape index (κ1) is 37.8. The summed E-state index contributed by atoms with van der Waals surface area (Å²) in [6.07, 6.45) is 6.36. The summed E-state index contributed by atoms with van der Waals surface area (Å²) in [5, 5.41) is 11.1. The van der Waals surface area contributed by atoms with Crippen molar-refractivity contribution in [3.8, 4) is 0 Å². The molecule has 0 radical (unpaired) electrons. The molecule has 0 spiro atoms. The lowest BCUT2D eigenvalue weighted by atomic mass is 9.82. The molecule has 4 aliphatic rings. The maximum Gasteiger partial charge on any atom is 0.316 e. The number of nitrogens with one attached hydrogen (secondary N) is 4. The van der Waals surface area contributed by atoms with Gasteiger partial charge in [0.25, 0.3) is 5.91 Å². The molecular formula is C34H55N5O8S. The Morgan fingerprint density at radius 2 is 1.73 bits per heavy atom. The van der Waals surface area contributed by atoms with Crippen molar-refractivity contribution in [3.63, 3.8) is 0 Å². The molecule has 2 aliphatic heterocycles. The van der Waals surface area contributed by atoms with Gasteiger partial charge < -0.3 is 30.9 Å². The van der Waals surface area contributed by atoms with Crippen LogP contribution in [0.5, 0.6) is 0 Å². The van der Waals surface area contributed by atoms with Gasteiger partial charge in [0.1, 0.15) is 12.1 Å². The van der Waals surface area contributed by atoms with Crippen LogP contribution < -0.4 is 21.3 Å². The summed E-state index contributed by atoms with van der Waals surface area (Å²) in [6, 6.07) is -3.68. The highest BCUT2D eigenvalue weighted by Gasteiger charge is 2.70. The van der Waals surface area contributed by atoms with Gasteiger partial charge in [0.05, 0.1) is 23.9 Å². The summed E-state index contributed by atoms with van der Waals surface area (Å²) >= 11 is 0. The van der Waals surface area contributed by atoms with Gasteiger partial charge >= 0.3 is 6.03 Å². The lowest BCUT2D eigenvalue weighted by Crippen LogP contribution is -2.65. The Morgan fingerprint density at radius 1 is 1.06 bits per heavy atom. The van der Waals surface area contributed by atoms with Crippen LogP contribution in [0.4, 0.5) is 4.79 Å². The van der Waals surface area contributed by atoms with Gasteiger partial charge in [-0.1, -0.05) is 79.7 Å². The first-order valence-electron chi connectivity index (χ1n) is 17.4. The van der Waals surface area contributed by atoms with Crippen molar-refractivity contribution in [1.82, 2.24) is 26.2 Å². The Hall–Kier alpha value is -3.00. The fraction of sp³-hybridized carbons (Fsp3) is 0.794. The van der Waals surface area contributed by atoms with Gasteiger partial charge in [0.15, 0.2) is 15.3 Å². The fourth-order valence-electron chi connectivity index (χ4n) is 7.95. The number of sulfone groups is 1. The van der Waals surface area contributed by atoms with Crippen molar-refractivity contribution in [1.29, 1.82) is 0 Å². The molecule has 4 fully saturated rings. The van der Waals surface area contributed by atoms with Crippen LogP contribution in [-0.2, 0) is 33.8 Å². The van der Waals surface area contributed by atoms with Gasteiger partial charge in [-0.05, 0) is 41.9 Å². The van der Waals surface area contributed by atoms with Gasteiger partial charge in [-0.25, -0.2) is 13.2 Å². The van der Waals surface area contributed by atoms with E-state index in [1.165, 1.54) is 11.0 Å². The lowest BCUT2D eigenvalue weighted by Gasteiger charge is -2.42. The Morgan fingerprint density at radius 3 is 2.29 bits per heavy atom. The van der Waals surface area contributed by atoms with Crippen LogP contribution in [0.3, 0.4) is 0 Å². The maximum absolute atomic E-state index is 14.4. The SMILES string of the molecule is C=CCNC(=O)C(=O)[C@H](CCCC)NC(=O)[C@@H]1C2[C@H](CN1C(=O)[C@@H](NC(=O)NC1([C@@H]3OCCS3(=O)=O)CCCCC1)C(C)(C)C)C2(C)C. The Bertz CT molecular complexity index is 1380. The minimum Gasteiger partial charge on any atom is -0.359 e. The number of amides is 5. The monoisotopic (exact) mass is 693 g/mol. The predicted molar refractivity (Wildman–Crippen MR) is 180 cm³/mol. The molecular weight excluding hydrogens is 638 g/mol. The average molecular weight is 694 g/mol. The van der Waals surface area contributed by atoms with Gasteiger partial charge in [-0.2, -0.15) is 0 Å². The smallest absolute Gasteiger partial charge is 0.316 e. The third kappa shape index (κ3) is 7.74. The van der Waals surface area contributed by atoms with Gasteiger partial charge in [-0.3, -0.25) is 19.2 Å². The highest BCUT2D eigenvalue weighted by Crippen LogP contribution is 2.65. The number of nitrogens with zero attached hydrogens (tertiary/aromatic N) is 1. The Labute approximate surface area is 285 Å². The summed E-state index contributed by atoms with van der Waals surface area (Å²) < 4.78 is 31.5. The molecule has 14 heteroatoms. The van der Waals surface area contributed by atoms with E-state index in [4.69, 9.17) is 4.74 Å². The summed E-state index contributed by atoms with van der Waals surface area (Å²) in [7, 11) is -3.58. The molecule has 4 rings (SSSR count). The number of hydrogen-bond donors (Lipinski definition) is 4. The second-order valence-electron chi connectivity index (χ2n) is 15.6. The number of likely N-dealkylation sites (tertiary alicyclic amines) is 1. The number of carbonyl (C=O) groups is 5. The molecule has 0 aromatic rings. The van der Waals surface area contributed by atoms with Crippen LogP contribution >= 0.6 is 0 Å². The summed E-state index contributed by atoms with van der Waals surface area (Å²) in [4.78, 5) is 69.3. The Kier molecular flexibility index (Phi) is 11.4. The van der Waals surface area contributed by atoms with E-state index in [0.29, 0.717) is 25.8 Å². The van der Waals surface area contributed by atoms with E-state index < -0.39 is 73.9 Å². The quantitative estimate of drug-likeness (QED) is 0.167. The van der Waals surface area contributed by atoms with E-state index in [1.54, 1.807) is 0 Å². The van der Waals surface area contributed by atoms with Crippen molar-refractivity contribution < 1.29 is 37.1 Å². The van der Waals surface area contributed by atoms with Crippen molar-refractivity contribution in [2.75, 3.05) is 25.4 Å². The third-order valence-corrected chi connectivity index (χ3v) is 12.8. The van der Waals surface area contributed by atoms with Crippen LogP contribution in [0.1, 0.15) is 92.9 Å². The number of unbranched alkanes of at least 4 members (excludes halogenated alkanes) is 1. The van der Waals surface area contributed by atoms with Crippen LogP contribution in [0.15, 0.2) is 12.7 Å². The summed E-state index contributed by atoms with van der Waals surface area (Å²) in [5.74, 6) is -2.73. The number of Topliss-reactive ketones (excluding diaryl/α,β-unsaturated/α-hetero) is 1. The first-order chi connectivity index (χ1) is 22.4. The molecule has 0 aromatic carbocycles. The average Bonchev–Trinajstić information content (AvgIpc) is 3.33. The molecule has 2 heterocycles. The highest BCUT2D eigenvalue weighted by atomic mass is 32.2. The largest absolute Gasteiger partial charge is 0.359 e. The number of rotatable bonds is 13. The van der Waals surface area contributed by atoms with Gasteiger partial charge in [-0.15, -0.1) is 6.58 Å². The zero-order chi connectivity index (χ0) is 35.7. The molecule has 2 saturated heterocycles. The molecule has 1 unspecified atom stereocenters. The number of piperidine rings is 1. The van der Waals surface area contributed by atoms with E-state index in [9.17, 15) is 32.4 Å². The van der Waals surface area contributed by atoms with E-state index in [1.807, 2.05) is 41.5 Å². The van der Waals surface area contributed by atoms with E-state index in [-0.39, 0.29) is 42.6 Å². The highest BCUT2D eigenvalue weighted by molar-refractivity contribution is 7.92. The first-order valence-corrected chi connectivity index (χ1v) is 19.1. The second kappa shape index (κ2) is 14.5. The normalized spacial score (nSPS) is 27.9. The standard InChI is InChI=1S/C34H55N5O8S/c1-8-10-14-22(25(40)28(42)35-17-9-2)36-27(41)24-23-21(33(23,6)7)20-39(24)29(43)26(32(3,4)5)37-31(44)38-34(15-12-11-13-16-34)30-47-18-19-48(30,45)46/h9,21-24,26,30H,2,8,10-20H2,1,3-7H3,(H,35,42)(H,36,41)(H2,37,38,44)/t21-,22-,23?,24-,26+,30+/m0/s1. The summed E-state index contributed by atoms with van der Waals surface area (Å²) in [6.45, 7) is 15.5. The molecule has 0 bridgehead atoms. The molecule has 2 aliphatic carbocycles. The van der Waals surface area contributed by atoms with E-state index in [0.717, 1.165) is 25.7 Å². The summed E-state index contributed by atoms with van der Waals surface area (Å²) in [5.41, 5.74) is -3.26. The molecule has 5 amide bonds. The number of fused-ring (bicyclic) bond motifs is 1. The van der Waals surface area contributed by atoms with Crippen molar-refractivity contribution >= 4 is 39.4 Å². The molecule has 6 atom stereocenters.